The molecule has 0 heterocycles. The molecule has 0 spiro atoms. The van der Waals surface area contributed by atoms with E-state index >= 15 is 0 Å². The van der Waals surface area contributed by atoms with Gasteiger partial charge in [0.1, 0.15) is 5.25 Å². The second-order valence-corrected chi connectivity index (χ2v) is 6.53. The Morgan fingerprint density at radius 3 is 2.26 bits per heavy atom. The van der Waals surface area contributed by atoms with Gasteiger partial charge in [0.15, 0.2) is 0 Å². The molecular weight excluding hydrogens is 306 g/mol. The van der Waals surface area contributed by atoms with Crippen LogP contribution in [0.2, 0.25) is 0 Å². The molecule has 0 aromatic heterocycles. The SMILES string of the molecule is CCC(CCO)NC(=O)C(Sc1ccccc1)c1ccccc1. The maximum Gasteiger partial charge on any atom is 0.238 e. The van der Waals surface area contributed by atoms with Crippen LogP contribution in [0.1, 0.15) is 30.6 Å². The van der Waals surface area contributed by atoms with E-state index < -0.39 is 0 Å². The standard InChI is InChI=1S/C19H23NO2S/c1-2-16(13-14-21)20-19(22)18(15-9-5-3-6-10-15)23-17-11-7-4-8-12-17/h3-12,16,18,21H,2,13-14H2,1H3,(H,20,22). The summed E-state index contributed by atoms with van der Waals surface area (Å²) in [6.45, 7) is 2.10. The normalized spacial score (nSPS) is 13.3. The zero-order chi connectivity index (χ0) is 16.5. The summed E-state index contributed by atoms with van der Waals surface area (Å²) in [7, 11) is 0. The van der Waals surface area contributed by atoms with Crippen LogP contribution in [0.25, 0.3) is 0 Å². The van der Waals surface area contributed by atoms with Crippen LogP contribution in [-0.2, 0) is 4.79 Å². The maximum absolute atomic E-state index is 12.8. The molecule has 0 aliphatic heterocycles. The zero-order valence-electron chi connectivity index (χ0n) is 13.3. The molecule has 1 amide bonds. The van der Waals surface area contributed by atoms with E-state index in [1.807, 2.05) is 67.6 Å². The van der Waals surface area contributed by atoms with Crippen molar-refractivity contribution in [2.75, 3.05) is 6.61 Å². The monoisotopic (exact) mass is 329 g/mol. The zero-order valence-corrected chi connectivity index (χ0v) is 14.1. The molecule has 0 aliphatic rings. The smallest absolute Gasteiger partial charge is 0.238 e. The van der Waals surface area contributed by atoms with Crippen LogP contribution in [-0.4, -0.2) is 23.7 Å². The average Bonchev–Trinajstić information content (AvgIpc) is 2.60. The van der Waals surface area contributed by atoms with Gasteiger partial charge in [0.2, 0.25) is 5.91 Å². The molecule has 2 rings (SSSR count). The fourth-order valence-electron chi connectivity index (χ4n) is 2.35. The molecule has 0 fully saturated rings. The van der Waals surface area contributed by atoms with Gasteiger partial charge in [-0.2, -0.15) is 0 Å². The fraction of sp³-hybridized carbons (Fsp3) is 0.316. The second kappa shape index (κ2) is 9.38. The summed E-state index contributed by atoms with van der Waals surface area (Å²) in [5.41, 5.74) is 0.984. The van der Waals surface area contributed by atoms with Gasteiger partial charge in [-0.3, -0.25) is 4.79 Å². The lowest BCUT2D eigenvalue weighted by Gasteiger charge is -2.21. The van der Waals surface area contributed by atoms with Crippen molar-refractivity contribution in [2.24, 2.45) is 0 Å². The first-order chi connectivity index (χ1) is 11.2. The van der Waals surface area contributed by atoms with Crippen LogP contribution in [0.4, 0.5) is 0 Å². The number of nitrogens with one attached hydrogen (secondary N) is 1. The Labute approximate surface area is 142 Å². The molecule has 0 saturated heterocycles. The molecule has 0 bridgehead atoms. The van der Waals surface area contributed by atoms with E-state index in [2.05, 4.69) is 5.32 Å². The van der Waals surface area contributed by atoms with Gasteiger partial charge in [-0.25, -0.2) is 0 Å². The van der Waals surface area contributed by atoms with Crippen LogP contribution in [0, 0.1) is 0 Å². The van der Waals surface area contributed by atoms with Gasteiger partial charge in [0.05, 0.1) is 0 Å². The Bertz CT molecular complexity index is 589. The molecule has 23 heavy (non-hydrogen) atoms. The van der Waals surface area contributed by atoms with Crippen molar-refractivity contribution in [3.63, 3.8) is 0 Å². The van der Waals surface area contributed by atoms with Crippen molar-refractivity contribution in [1.29, 1.82) is 0 Å². The lowest BCUT2D eigenvalue weighted by molar-refractivity contribution is -0.121. The molecule has 2 atom stereocenters. The Balaban J connectivity index is 2.17. The van der Waals surface area contributed by atoms with Crippen molar-refractivity contribution in [1.82, 2.24) is 5.32 Å². The summed E-state index contributed by atoms with van der Waals surface area (Å²) >= 11 is 1.55. The molecule has 4 heteroatoms. The second-order valence-electron chi connectivity index (χ2n) is 5.35. The molecule has 0 aliphatic carbocycles. The van der Waals surface area contributed by atoms with E-state index in [1.165, 1.54) is 0 Å². The van der Waals surface area contributed by atoms with Crippen LogP contribution < -0.4 is 5.32 Å². The highest BCUT2D eigenvalue weighted by atomic mass is 32.2. The first kappa shape index (κ1) is 17.6. The van der Waals surface area contributed by atoms with Gasteiger partial charge in [0.25, 0.3) is 0 Å². The lowest BCUT2D eigenvalue weighted by atomic mass is 10.1. The summed E-state index contributed by atoms with van der Waals surface area (Å²) in [5, 5.41) is 11.9. The fourth-order valence-corrected chi connectivity index (χ4v) is 3.40. The molecule has 3 nitrogen and oxygen atoms in total. The van der Waals surface area contributed by atoms with Crippen LogP contribution in [0.15, 0.2) is 65.6 Å². The summed E-state index contributed by atoms with van der Waals surface area (Å²) in [6, 6.07) is 19.8. The summed E-state index contributed by atoms with van der Waals surface area (Å²) in [4.78, 5) is 13.8. The quantitative estimate of drug-likeness (QED) is 0.724. The number of thioether (sulfide) groups is 1. The van der Waals surface area contributed by atoms with Gasteiger partial charge in [-0.05, 0) is 30.5 Å². The minimum absolute atomic E-state index is 0.00893. The van der Waals surface area contributed by atoms with Crippen LogP contribution in [0.5, 0.6) is 0 Å². The molecule has 0 saturated carbocycles. The molecule has 2 aromatic rings. The molecule has 2 unspecified atom stereocenters. The summed E-state index contributed by atoms with van der Waals surface area (Å²) in [5.74, 6) is -0.00893. The molecule has 2 N–H and O–H groups in total. The highest BCUT2D eigenvalue weighted by molar-refractivity contribution is 8.00. The minimum Gasteiger partial charge on any atom is -0.396 e. The Morgan fingerprint density at radius 1 is 1.09 bits per heavy atom. The van der Waals surface area contributed by atoms with Crippen LogP contribution in [0.3, 0.4) is 0 Å². The number of hydrogen-bond donors (Lipinski definition) is 2. The molecule has 122 valence electrons. The highest BCUT2D eigenvalue weighted by Crippen LogP contribution is 2.35. The first-order valence-corrected chi connectivity index (χ1v) is 8.80. The topological polar surface area (TPSA) is 49.3 Å². The van der Waals surface area contributed by atoms with E-state index in [0.717, 1.165) is 16.9 Å². The number of aliphatic hydroxyl groups excluding tert-OH is 1. The van der Waals surface area contributed by atoms with Gasteiger partial charge < -0.3 is 10.4 Å². The first-order valence-electron chi connectivity index (χ1n) is 7.92. The van der Waals surface area contributed by atoms with E-state index in [-0.39, 0.29) is 23.8 Å². The third kappa shape index (κ3) is 5.41. The van der Waals surface area contributed by atoms with E-state index in [4.69, 9.17) is 5.11 Å². The van der Waals surface area contributed by atoms with Gasteiger partial charge in [0, 0.05) is 17.5 Å². The van der Waals surface area contributed by atoms with E-state index in [1.54, 1.807) is 11.8 Å². The number of hydrogen-bond acceptors (Lipinski definition) is 3. The van der Waals surface area contributed by atoms with E-state index in [9.17, 15) is 4.79 Å². The Kier molecular flexibility index (Phi) is 7.17. The minimum atomic E-state index is -0.300. The van der Waals surface area contributed by atoms with Gasteiger partial charge >= 0.3 is 0 Å². The third-order valence-corrected chi connectivity index (χ3v) is 4.92. The maximum atomic E-state index is 12.8. The number of carbonyl (C=O) groups excluding carboxylic acids is 1. The third-order valence-electron chi connectivity index (χ3n) is 3.65. The van der Waals surface area contributed by atoms with Crippen molar-refractivity contribution in [2.45, 2.75) is 36.0 Å². The van der Waals surface area contributed by atoms with Crippen LogP contribution >= 0.6 is 11.8 Å². The highest BCUT2D eigenvalue weighted by Gasteiger charge is 2.23. The number of amides is 1. The average molecular weight is 329 g/mol. The van der Waals surface area contributed by atoms with Crippen molar-refractivity contribution >= 4 is 17.7 Å². The summed E-state index contributed by atoms with van der Waals surface area (Å²) in [6.07, 6.45) is 1.39. The Morgan fingerprint density at radius 2 is 1.70 bits per heavy atom. The molecule has 0 radical (unpaired) electrons. The lowest BCUT2D eigenvalue weighted by Crippen LogP contribution is -2.37. The van der Waals surface area contributed by atoms with Gasteiger partial charge in [-0.15, -0.1) is 11.8 Å². The summed E-state index contributed by atoms with van der Waals surface area (Å²) < 4.78 is 0. The number of rotatable bonds is 8. The predicted molar refractivity (Wildman–Crippen MR) is 95.4 cm³/mol. The number of carbonyl (C=O) groups is 1. The predicted octanol–water partition coefficient (Wildman–Crippen LogP) is 3.80. The largest absolute Gasteiger partial charge is 0.396 e. The van der Waals surface area contributed by atoms with Crippen molar-refractivity contribution in [3.05, 3.63) is 66.2 Å². The van der Waals surface area contributed by atoms with Gasteiger partial charge in [-0.1, -0.05) is 55.5 Å². The number of aliphatic hydroxyl groups is 1. The molecular formula is C19H23NO2S. The molecule has 2 aromatic carbocycles. The Hall–Kier alpha value is -1.78. The van der Waals surface area contributed by atoms with Crippen molar-refractivity contribution in [3.8, 4) is 0 Å². The van der Waals surface area contributed by atoms with Crippen molar-refractivity contribution < 1.29 is 9.90 Å². The van der Waals surface area contributed by atoms with E-state index in [0.29, 0.717) is 6.42 Å². The number of benzene rings is 2.